The molecule has 3 nitrogen and oxygen atoms in total. The molecule has 0 aliphatic heterocycles. The molecule has 0 unspecified atom stereocenters. The van der Waals surface area contributed by atoms with E-state index in [0.717, 1.165) is 5.56 Å². The van der Waals surface area contributed by atoms with Crippen LogP contribution in [0.5, 0.6) is 5.75 Å². The van der Waals surface area contributed by atoms with Crippen LogP contribution in [0.3, 0.4) is 0 Å². The van der Waals surface area contributed by atoms with E-state index in [2.05, 4.69) is 29.6 Å². The summed E-state index contributed by atoms with van der Waals surface area (Å²) in [7, 11) is 0. The number of carbonyl (C=O) groups excluding carboxylic acids is 1. The maximum absolute atomic E-state index is 12.0. The van der Waals surface area contributed by atoms with Crippen molar-refractivity contribution >= 4 is 16.7 Å². The van der Waals surface area contributed by atoms with Crippen molar-refractivity contribution in [2.75, 3.05) is 6.61 Å². The van der Waals surface area contributed by atoms with Gasteiger partial charge in [-0.05, 0) is 41.5 Å². The van der Waals surface area contributed by atoms with Crippen LogP contribution in [-0.4, -0.2) is 12.5 Å². The minimum Gasteiger partial charge on any atom is -0.484 e. The standard InChI is InChI=1S/C20H19NO2/c1-15(17-12-11-16-7-5-6-8-18(16)13-17)21-20(22)14-23-19-9-3-2-4-10-19/h2-13,15H,14H2,1H3,(H,21,22)/t15-/m1/s1. The number of para-hydroxylation sites is 1. The number of fused-ring (bicyclic) bond motifs is 1. The van der Waals surface area contributed by atoms with Gasteiger partial charge in [-0.2, -0.15) is 0 Å². The van der Waals surface area contributed by atoms with Gasteiger partial charge < -0.3 is 10.1 Å². The van der Waals surface area contributed by atoms with Crippen LogP contribution in [0, 0.1) is 0 Å². The number of amides is 1. The first kappa shape index (κ1) is 15.1. The van der Waals surface area contributed by atoms with Gasteiger partial charge in [0.2, 0.25) is 0 Å². The molecular weight excluding hydrogens is 286 g/mol. The van der Waals surface area contributed by atoms with Gasteiger partial charge in [0, 0.05) is 0 Å². The molecular formula is C20H19NO2. The van der Waals surface area contributed by atoms with Gasteiger partial charge in [0.15, 0.2) is 6.61 Å². The summed E-state index contributed by atoms with van der Waals surface area (Å²) in [5.41, 5.74) is 1.08. The number of rotatable bonds is 5. The zero-order valence-corrected chi connectivity index (χ0v) is 13.0. The van der Waals surface area contributed by atoms with Gasteiger partial charge in [-0.25, -0.2) is 0 Å². The molecule has 0 bridgehead atoms. The van der Waals surface area contributed by atoms with E-state index in [1.54, 1.807) is 0 Å². The number of hydrogen-bond acceptors (Lipinski definition) is 2. The average molecular weight is 305 g/mol. The van der Waals surface area contributed by atoms with Crippen molar-refractivity contribution in [3.05, 3.63) is 78.4 Å². The lowest BCUT2D eigenvalue weighted by Crippen LogP contribution is -2.31. The van der Waals surface area contributed by atoms with Crippen LogP contribution in [-0.2, 0) is 4.79 Å². The Kier molecular flexibility index (Phi) is 4.57. The van der Waals surface area contributed by atoms with Gasteiger partial charge in [-0.1, -0.05) is 54.6 Å². The van der Waals surface area contributed by atoms with Crippen molar-refractivity contribution in [3.63, 3.8) is 0 Å². The highest BCUT2D eigenvalue weighted by atomic mass is 16.5. The average Bonchev–Trinajstić information content (AvgIpc) is 2.60. The smallest absolute Gasteiger partial charge is 0.258 e. The molecule has 3 rings (SSSR count). The number of carbonyl (C=O) groups is 1. The van der Waals surface area contributed by atoms with Crippen LogP contribution < -0.4 is 10.1 Å². The monoisotopic (exact) mass is 305 g/mol. The van der Waals surface area contributed by atoms with E-state index >= 15 is 0 Å². The fraction of sp³-hybridized carbons (Fsp3) is 0.150. The molecule has 116 valence electrons. The summed E-state index contributed by atoms with van der Waals surface area (Å²) >= 11 is 0. The molecule has 3 heteroatoms. The minimum atomic E-state index is -0.130. The third-order valence-corrected chi connectivity index (χ3v) is 3.76. The van der Waals surface area contributed by atoms with Gasteiger partial charge >= 0.3 is 0 Å². The normalized spacial score (nSPS) is 11.9. The predicted octanol–water partition coefficient (Wildman–Crippen LogP) is 4.10. The Bertz CT molecular complexity index is 799. The molecule has 0 heterocycles. The van der Waals surface area contributed by atoms with E-state index in [1.165, 1.54) is 10.8 Å². The first-order valence-corrected chi connectivity index (χ1v) is 7.68. The summed E-state index contributed by atoms with van der Waals surface area (Å²) in [6.45, 7) is 1.99. The summed E-state index contributed by atoms with van der Waals surface area (Å²) in [5, 5.41) is 5.34. The van der Waals surface area contributed by atoms with Crippen molar-refractivity contribution in [1.82, 2.24) is 5.32 Å². The molecule has 23 heavy (non-hydrogen) atoms. The van der Waals surface area contributed by atoms with Gasteiger partial charge in [0.05, 0.1) is 6.04 Å². The van der Waals surface area contributed by atoms with Gasteiger partial charge in [0.1, 0.15) is 5.75 Å². The van der Waals surface area contributed by atoms with E-state index in [-0.39, 0.29) is 18.6 Å². The molecule has 0 fully saturated rings. The SMILES string of the molecule is C[C@@H](NC(=O)COc1ccccc1)c1ccc2ccccc2c1. The first-order valence-electron chi connectivity index (χ1n) is 7.68. The largest absolute Gasteiger partial charge is 0.484 e. The zero-order valence-electron chi connectivity index (χ0n) is 13.0. The van der Waals surface area contributed by atoms with E-state index in [4.69, 9.17) is 4.74 Å². The van der Waals surface area contributed by atoms with Gasteiger partial charge in [-0.15, -0.1) is 0 Å². The highest BCUT2D eigenvalue weighted by Gasteiger charge is 2.10. The Labute approximate surface area is 135 Å². The molecule has 1 amide bonds. The maximum Gasteiger partial charge on any atom is 0.258 e. The van der Waals surface area contributed by atoms with Crippen molar-refractivity contribution in [3.8, 4) is 5.75 Å². The number of ether oxygens (including phenoxy) is 1. The summed E-state index contributed by atoms with van der Waals surface area (Å²) in [6, 6.07) is 23.7. The number of nitrogens with one attached hydrogen (secondary N) is 1. The molecule has 0 saturated heterocycles. The zero-order chi connectivity index (χ0) is 16.1. The van der Waals surface area contributed by atoms with Crippen LogP contribution >= 0.6 is 0 Å². The lowest BCUT2D eigenvalue weighted by Gasteiger charge is -2.15. The Hall–Kier alpha value is -2.81. The molecule has 0 radical (unpaired) electrons. The molecule has 1 atom stereocenters. The lowest BCUT2D eigenvalue weighted by atomic mass is 10.0. The molecule has 3 aromatic carbocycles. The molecule has 0 saturated carbocycles. The topological polar surface area (TPSA) is 38.3 Å². The van der Waals surface area contributed by atoms with Crippen molar-refractivity contribution < 1.29 is 9.53 Å². The molecule has 0 aliphatic rings. The third kappa shape index (κ3) is 3.89. The number of benzene rings is 3. The van der Waals surface area contributed by atoms with Crippen LogP contribution in [0.15, 0.2) is 72.8 Å². The number of hydrogen-bond donors (Lipinski definition) is 1. The molecule has 3 aromatic rings. The van der Waals surface area contributed by atoms with Crippen molar-refractivity contribution in [2.45, 2.75) is 13.0 Å². The second kappa shape index (κ2) is 6.97. The summed E-state index contributed by atoms with van der Waals surface area (Å²) < 4.78 is 5.46. The fourth-order valence-corrected chi connectivity index (χ4v) is 2.51. The van der Waals surface area contributed by atoms with Crippen LogP contribution in [0.2, 0.25) is 0 Å². The van der Waals surface area contributed by atoms with E-state index in [9.17, 15) is 4.79 Å². The minimum absolute atomic E-state index is 0.0158. The molecule has 0 aromatic heterocycles. The molecule has 0 aliphatic carbocycles. The van der Waals surface area contributed by atoms with Crippen LogP contribution in [0.25, 0.3) is 10.8 Å². The van der Waals surface area contributed by atoms with E-state index in [0.29, 0.717) is 5.75 Å². The summed E-state index contributed by atoms with van der Waals surface area (Å²) in [4.78, 5) is 12.0. The van der Waals surface area contributed by atoms with Gasteiger partial charge in [0.25, 0.3) is 5.91 Å². The summed E-state index contributed by atoms with van der Waals surface area (Å²) in [5.74, 6) is 0.565. The van der Waals surface area contributed by atoms with Crippen LogP contribution in [0.1, 0.15) is 18.5 Å². The Morgan fingerprint density at radius 1 is 0.957 bits per heavy atom. The molecule has 1 N–H and O–H groups in total. The highest BCUT2D eigenvalue weighted by molar-refractivity contribution is 5.83. The van der Waals surface area contributed by atoms with Crippen LogP contribution in [0.4, 0.5) is 0 Å². The summed E-state index contributed by atoms with van der Waals surface area (Å²) in [6.07, 6.45) is 0. The third-order valence-electron chi connectivity index (χ3n) is 3.76. The second-order valence-electron chi connectivity index (χ2n) is 5.50. The predicted molar refractivity (Wildman–Crippen MR) is 92.4 cm³/mol. The Balaban J connectivity index is 1.61. The highest BCUT2D eigenvalue weighted by Crippen LogP contribution is 2.20. The van der Waals surface area contributed by atoms with E-state index < -0.39 is 0 Å². The Morgan fingerprint density at radius 2 is 1.65 bits per heavy atom. The second-order valence-corrected chi connectivity index (χ2v) is 5.50. The lowest BCUT2D eigenvalue weighted by molar-refractivity contribution is -0.123. The van der Waals surface area contributed by atoms with E-state index in [1.807, 2.05) is 55.5 Å². The molecule has 0 spiro atoms. The van der Waals surface area contributed by atoms with Crippen molar-refractivity contribution in [1.29, 1.82) is 0 Å². The fourth-order valence-electron chi connectivity index (χ4n) is 2.51. The Morgan fingerprint density at radius 3 is 2.43 bits per heavy atom. The maximum atomic E-state index is 12.0. The quantitative estimate of drug-likeness (QED) is 0.771. The first-order chi connectivity index (χ1) is 11.2. The van der Waals surface area contributed by atoms with Gasteiger partial charge in [-0.3, -0.25) is 4.79 Å². The van der Waals surface area contributed by atoms with Crippen molar-refractivity contribution in [2.24, 2.45) is 0 Å².